The molecular weight excluding hydrogens is 266 g/mol. The number of carbonyl (C=O) groups is 1. The van der Waals surface area contributed by atoms with E-state index < -0.39 is 10.0 Å². The predicted octanol–water partition coefficient (Wildman–Crippen LogP) is -0.474. The van der Waals surface area contributed by atoms with E-state index in [-0.39, 0.29) is 17.9 Å². The Morgan fingerprint density at radius 3 is 2.79 bits per heavy atom. The van der Waals surface area contributed by atoms with Gasteiger partial charge in [0.1, 0.15) is 0 Å². The van der Waals surface area contributed by atoms with Crippen LogP contribution in [0.5, 0.6) is 0 Å². The van der Waals surface area contributed by atoms with E-state index in [1.54, 1.807) is 0 Å². The molecule has 2 unspecified atom stereocenters. The molecule has 0 radical (unpaired) electrons. The molecular formula is C12H23N3O3S. The van der Waals surface area contributed by atoms with Gasteiger partial charge in [-0.1, -0.05) is 0 Å². The molecule has 2 atom stereocenters. The number of rotatable bonds is 4. The van der Waals surface area contributed by atoms with Crippen LogP contribution in [0.4, 0.5) is 0 Å². The molecule has 0 aromatic carbocycles. The van der Waals surface area contributed by atoms with Crippen LogP contribution in [-0.4, -0.2) is 57.7 Å². The fourth-order valence-electron chi connectivity index (χ4n) is 2.85. The van der Waals surface area contributed by atoms with Crippen molar-refractivity contribution in [2.24, 2.45) is 5.92 Å². The smallest absolute Gasteiger partial charge is 0.227 e. The summed E-state index contributed by atoms with van der Waals surface area (Å²) in [5.41, 5.74) is 0. The van der Waals surface area contributed by atoms with Gasteiger partial charge in [0.15, 0.2) is 0 Å². The summed E-state index contributed by atoms with van der Waals surface area (Å²) in [4.78, 5) is 14.3. The highest BCUT2D eigenvalue weighted by Gasteiger charge is 2.32. The second-order valence-electron chi connectivity index (χ2n) is 5.49. The molecule has 2 aliphatic rings. The first-order chi connectivity index (χ1) is 8.97. The van der Waals surface area contributed by atoms with Crippen molar-refractivity contribution >= 4 is 15.9 Å². The lowest BCUT2D eigenvalue weighted by atomic mass is 9.98. The molecule has 19 heavy (non-hydrogen) atoms. The van der Waals surface area contributed by atoms with Gasteiger partial charge in [-0.05, 0) is 32.2 Å². The summed E-state index contributed by atoms with van der Waals surface area (Å²) in [6.45, 7) is 2.74. The van der Waals surface area contributed by atoms with Gasteiger partial charge in [0.25, 0.3) is 0 Å². The molecule has 2 aliphatic heterocycles. The molecule has 2 N–H and O–H groups in total. The van der Waals surface area contributed by atoms with E-state index in [0.29, 0.717) is 6.54 Å². The third-order valence-corrected chi connectivity index (χ3v) is 4.59. The van der Waals surface area contributed by atoms with Crippen LogP contribution in [0.2, 0.25) is 0 Å². The van der Waals surface area contributed by atoms with Crippen LogP contribution in [-0.2, 0) is 14.8 Å². The van der Waals surface area contributed by atoms with Crippen LogP contribution in [0.25, 0.3) is 0 Å². The Labute approximate surface area is 115 Å². The van der Waals surface area contributed by atoms with Crippen molar-refractivity contribution in [3.63, 3.8) is 0 Å². The molecule has 7 heteroatoms. The molecule has 0 aromatic heterocycles. The summed E-state index contributed by atoms with van der Waals surface area (Å²) in [7, 11) is -3.19. The van der Waals surface area contributed by atoms with Crippen LogP contribution < -0.4 is 10.0 Å². The summed E-state index contributed by atoms with van der Waals surface area (Å²) in [5, 5.41) is 3.20. The van der Waals surface area contributed by atoms with E-state index >= 15 is 0 Å². The number of likely N-dealkylation sites (tertiary alicyclic amines) is 1. The van der Waals surface area contributed by atoms with Crippen molar-refractivity contribution in [3.05, 3.63) is 0 Å². The van der Waals surface area contributed by atoms with Gasteiger partial charge in [-0.15, -0.1) is 0 Å². The first-order valence-corrected chi connectivity index (χ1v) is 8.82. The third-order valence-electron chi connectivity index (χ3n) is 3.90. The third kappa shape index (κ3) is 4.15. The number of piperidine rings is 1. The summed E-state index contributed by atoms with van der Waals surface area (Å²) < 4.78 is 24.9. The van der Waals surface area contributed by atoms with Crippen LogP contribution in [0.3, 0.4) is 0 Å². The van der Waals surface area contributed by atoms with Gasteiger partial charge >= 0.3 is 0 Å². The van der Waals surface area contributed by atoms with Gasteiger partial charge in [-0.2, -0.15) is 0 Å². The number of carbonyl (C=O) groups excluding carboxylic acids is 1. The average molecular weight is 289 g/mol. The molecule has 2 heterocycles. The lowest BCUT2D eigenvalue weighted by Crippen LogP contribution is -2.51. The molecule has 0 aliphatic carbocycles. The SMILES string of the molecule is CS(=O)(=O)NCC1CCCCN1C(=O)C1CCNC1. The number of nitrogens with one attached hydrogen (secondary N) is 2. The first kappa shape index (κ1) is 14.7. The molecule has 2 fully saturated rings. The Balaban J connectivity index is 1.96. The highest BCUT2D eigenvalue weighted by atomic mass is 32.2. The number of sulfonamides is 1. The maximum atomic E-state index is 12.4. The fraction of sp³-hybridized carbons (Fsp3) is 0.917. The van der Waals surface area contributed by atoms with E-state index in [1.807, 2.05) is 4.90 Å². The monoisotopic (exact) mass is 289 g/mol. The van der Waals surface area contributed by atoms with E-state index in [4.69, 9.17) is 0 Å². The Kier molecular flexibility index (Phi) is 4.81. The van der Waals surface area contributed by atoms with Crippen LogP contribution in [0.1, 0.15) is 25.7 Å². The predicted molar refractivity (Wildman–Crippen MR) is 73.2 cm³/mol. The van der Waals surface area contributed by atoms with Crippen molar-refractivity contribution in [3.8, 4) is 0 Å². The van der Waals surface area contributed by atoms with Gasteiger partial charge in [-0.25, -0.2) is 13.1 Å². The average Bonchev–Trinajstić information content (AvgIpc) is 2.89. The molecule has 0 bridgehead atoms. The Hall–Kier alpha value is -0.660. The number of hydrogen-bond acceptors (Lipinski definition) is 4. The van der Waals surface area contributed by atoms with Gasteiger partial charge in [0.05, 0.1) is 12.2 Å². The zero-order valence-corrected chi connectivity index (χ0v) is 12.2. The summed E-state index contributed by atoms with van der Waals surface area (Å²) >= 11 is 0. The quantitative estimate of drug-likeness (QED) is 0.733. The van der Waals surface area contributed by atoms with Crippen molar-refractivity contribution < 1.29 is 13.2 Å². The van der Waals surface area contributed by atoms with E-state index in [9.17, 15) is 13.2 Å². The van der Waals surface area contributed by atoms with Gasteiger partial charge in [0.2, 0.25) is 15.9 Å². The summed E-state index contributed by atoms with van der Waals surface area (Å²) in [5.74, 6) is 0.254. The second-order valence-corrected chi connectivity index (χ2v) is 7.32. The Bertz CT molecular complexity index is 418. The minimum Gasteiger partial charge on any atom is -0.338 e. The normalized spacial score (nSPS) is 28.6. The highest BCUT2D eigenvalue weighted by Crippen LogP contribution is 2.21. The second kappa shape index (κ2) is 6.19. The topological polar surface area (TPSA) is 78.5 Å². The van der Waals surface area contributed by atoms with Gasteiger partial charge in [0, 0.05) is 25.7 Å². The first-order valence-electron chi connectivity index (χ1n) is 6.93. The van der Waals surface area contributed by atoms with Crippen LogP contribution in [0.15, 0.2) is 0 Å². The number of nitrogens with zero attached hydrogens (tertiary/aromatic N) is 1. The lowest BCUT2D eigenvalue weighted by molar-refractivity contribution is -0.138. The van der Waals surface area contributed by atoms with Gasteiger partial charge < -0.3 is 10.2 Å². The molecule has 2 rings (SSSR count). The fourth-order valence-corrected chi connectivity index (χ4v) is 3.35. The minimum atomic E-state index is -3.19. The maximum absolute atomic E-state index is 12.4. The standard InChI is InChI=1S/C12H23N3O3S/c1-19(17,18)14-9-11-4-2-3-7-15(11)12(16)10-5-6-13-8-10/h10-11,13-14H,2-9H2,1H3. The highest BCUT2D eigenvalue weighted by molar-refractivity contribution is 7.88. The zero-order chi connectivity index (χ0) is 13.9. The largest absolute Gasteiger partial charge is 0.338 e. The lowest BCUT2D eigenvalue weighted by Gasteiger charge is -2.37. The van der Waals surface area contributed by atoms with Crippen LogP contribution in [0, 0.1) is 5.92 Å². The van der Waals surface area contributed by atoms with Crippen LogP contribution >= 0.6 is 0 Å². The van der Waals surface area contributed by atoms with Crippen molar-refractivity contribution in [2.75, 3.05) is 32.4 Å². The van der Waals surface area contributed by atoms with Crippen molar-refractivity contribution in [1.29, 1.82) is 0 Å². The molecule has 0 aromatic rings. The number of amides is 1. The van der Waals surface area contributed by atoms with E-state index in [1.165, 1.54) is 0 Å². The summed E-state index contributed by atoms with van der Waals surface area (Å²) in [6.07, 6.45) is 5.00. The van der Waals surface area contributed by atoms with Crippen molar-refractivity contribution in [2.45, 2.75) is 31.7 Å². The molecule has 2 saturated heterocycles. The van der Waals surface area contributed by atoms with E-state index in [0.717, 1.165) is 51.6 Å². The zero-order valence-electron chi connectivity index (χ0n) is 11.4. The van der Waals surface area contributed by atoms with E-state index in [2.05, 4.69) is 10.0 Å². The molecule has 0 saturated carbocycles. The molecule has 0 spiro atoms. The molecule has 110 valence electrons. The number of hydrogen-bond donors (Lipinski definition) is 2. The maximum Gasteiger partial charge on any atom is 0.227 e. The minimum absolute atomic E-state index is 0.0107. The van der Waals surface area contributed by atoms with Crippen molar-refractivity contribution in [1.82, 2.24) is 14.9 Å². The Morgan fingerprint density at radius 2 is 2.16 bits per heavy atom. The molecule has 6 nitrogen and oxygen atoms in total. The summed E-state index contributed by atoms with van der Waals surface area (Å²) in [6, 6.07) is 0.0107. The molecule has 1 amide bonds. The Morgan fingerprint density at radius 1 is 1.37 bits per heavy atom. The van der Waals surface area contributed by atoms with Gasteiger partial charge in [-0.3, -0.25) is 4.79 Å².